The first-order valence-electron chi connectivity index (χ1n) is 9.16. The van der Waals surface area contributed by atoms with Crippen LogP contribution in [-0.4, -0.2) is 34.7 Å². The third-order valence-electron chi connectivity index (χ3n) is 4.60. The van der Waals surface area contributed by atoms with E-state index in [1.165, 1.54) is 18.0 Å². The number of aryl methyl sites for hydroxylation is 1. The zero-order valence-electron chi connectivity index (χ0n) is 16.3. The molecule has 2 rings (SSSR count). The van der Waals surface area contributed by atoms with Gasteiger partial charge in [-0.3, -0.25) is 19.7 Å². The molecule has 0 bridgehead atoms. The lowest BCUT2D eigenvalue weighted by atomic mass is 10.0. The highest BCUT2D eigenvalue weighted by Gasteiger charge is 2.29. The van der Waals surface area contributed by atoms with Gasteiger partial charge in [-0.25, -0.2) is 0 Å². The highest BCUT2D eigenvalue weighted by molar-refractivity contribution is 5.88. The van der Waals surface area contributed by atoms with E-state index in [1.54, 1.807) is 18.2 Å². The number of hydrogen-bond donors (Lipinski definition) is 1. The van der Waals surface area contributed by atoms with Crippen LogP contribution in [0.2, 0.25) is 0 Å². The number of hydrogen-bond acceptors (Lipinski definition) is 4. The van der Waals surface area contributed by atoms with Crippen molar-refractivity contribution in [2.75, 3.05) is 7.05 Å². The largest absolute Gasteiger partial charge is 0.357 e. The highest BCUT2D eigenvalue weighted by Crippen LogP contribution is 2.21. The lowest BCUT2D eigenvalue weighted by molar-refractivity contribution is -0.385. The van der Waals surface area contributed by atoms with Crippen LogP contribution >= 0.6 is 0 Å². The molecule has 0 fully saturated rings. The molecule has 7 nitrogen and oxygen atoms in total. The van der Waals surface area contributed by atoms with Crippen LogP contribution in [0.5, 0.6) is 0 Å². The van der Waals surface area contributed by atoms with Gasteiger partial charge in [0.1, 0.15) is 6.04 Å². The lowest BCUT2D eigenvalue weighted by Gasteiger charge is -2.30. The van der Waals surface area contributed by atoms with Gasteiger partial charge >= 0.3 is 0 Å². The Bertz CT molecular complexity index is 866. The Balaban J connectivity index is 2.36. The molecule has 0 saturated carbocycles. The van der Waals surface area contributed by atoms with Crippen LogP contribution in [0.3, 0.4) is 0 Å². The molecule has 28 heavy (non-hydrogen) atoms. The molecule has 0 aromatic heterocycles. The summed E-state index contributed by atoms with van der Waals surface area (Å²) in [6.07, 6.45) is 0.296. The van der Waals surface area contributed by atoms with Gasteiger partial charge in [0.15, 0.2) is 0 Å². The van der Waals surface area contributed by atoms with Crippen molar-refractivity contribution in [2.45, 2.75) is 39.3 Å². The Labute approximate surface area is 164 Å². The first-order valence-corrected chi connectivity index (χ1v) is 9.16. The zero-order chi connectivity index (χ0) is 20.7. The molecule has 0 aliphatic heterocycles. The number of nitrogens with zero attached hydrogens (tertiary/aromatic N) is 2. The van der Waals surface area contributed by atoms with Crippen molar-refractivity contribution in [3.05, 3.63) is 75.3 Å². The number of para-hydroxylation sites is 1. The molecule has 2 amide bonds. The molecule has 148 valence electrons. The third kappa shape index (κ3) is 5.16. The van der Waals surface area contributed by atoms with Crippen LogP contribution in [0, 0.1) is 17.0 Å². The summed E-state index contributed by atoms with van der Waals surface area (Å²) in [7, 11) is 1.53. The Kier molecular flexibility index (Phi) is 7.26. The van der Waals surface area contributed by atoms with Gasteiger partial charge in [-0.05, 0) is 18.9 Å². The van der Waals surface area contributed by atoms with Crippen molar-refractivity contribution in [3.63, 3.8) is 0 Å². The molecule has 2 aromatic rings. The number of nitro benzene ring substituents is 1. The molecule has 1 N–H and O–H groups in total. The first kappa shape index (κ1) is 21.1. The second-order valence-corrected chi connectivity index (χ2v) is 6.61. The Morgan fingerprint density at radius 1 is 1.18 bits per heavy atom. The molecule has 2 aromatic carbocycles. The normalized spacial score (nSPS) is 11.5. The average molecular weight is 383 g/mol. The molecule has 0 spiro atoms. The molecular weight excluding hydrogens is 358 g/mol. The van der Waals surface area contributed by atoms with Crippen molar-refractivity contribution in [3.8, 4) is 0 Å². The van der Waals surface area contributed by atoms with Gasteiger partial charge < -0.3 is 10.2 Å². The summed E-state index contributed by atoms with van der Waals surface area (Å²) in [6.45, 7) is 4.05. The minimum Gasteiger partial charge on any atom is -0.357 e. The number of carbonyl (C=O) groups excluding carboxylic acids is 2. The van der Waals surface area contributed by atoms with Crippen molar-refractivity contribution in [2.24, 2.45) is 0 Å². The molecule has 7 heteroatoms. The molecule has 0 aliphatic carbocycles. The maximum absolute atomic E-state index is 13.1. The number of amides is 2. The standard InChI is InChI=1S/C21H25N3O4/c1-4-18(21(26)22-3)23(14-16-9-7-8-15(2)12-16)20(25)13-17-10-5-6-11-19(17)24(27)28/h5-12,18H,4,13-14H2,1-3H3,(H,22,26)/t18-/m1/s1. The van der Waals surface area contributed by atoms with E-state index in [0.29, 0.717) is 12.0 Å². The van der Waals surface area contributed by atoms with Crippen molar-refractivity contribution in [1.29, 1.82) is 0 Å². The minimum absolute atomic E-state index is 0.0978. The molecule has 0 aliphatic rings. The maximum atomic E-state index is 13.1. The summed E-state index contributed by atoms with van der Waals surface area (Å²) in [5, 5.41) is 13.9. The second-order valence-electron chi connectivity index (χ2n) is 6.61. The Morgan fingerprint density at radius 3 is 2.50 bits per heavy atom. The van der Waals surface area contributed by atoms with E-state index in [9.17, 15) is 19.7 Å². The van der Waals surface area contributed by atoms with E-state index in [2.05, 4.69) is 5.32 Å². The summed E-state index contributed by atoms with van der Waals surface area (Å²) < 4.78 is 0. The predicted molar refractivity (Wildman–Crippen MR) is 107 cm³/mol. The van der Waals surface area contributed by atoms with E-state index < -0.39 is 11.0 Å². The van der Waals surface area contributed by atoms with Gasteiger partial charge in [0.05, 0.1) is 11.3 Å². The Morgan fingerprint density at radius 2 is 1.89 bits per heavy atom. The summed E-state index contributed by atoms with van der Waals surface area (Å²) in [4.78, 5) is 37.8. The third-order valence-corrected chi connectivity index (χ3v) is 4.60. The minimum atomic E-state index is -0.652. The number of benzene rings is 2. The smallest absolute Gasteiger partial charge is 0.273 e. The number of likely N-dealkylation sites (N-methyl/N-ethyl adjacent to an activating group) is 1. The van der Waals surface area contributed by atoms with Crippen LogP contribution in [-0.2, 0) is 22.6 Å². The molecule has 0 heterocycles. The molecule has 0 saturated heterocycles. The fourth-order valence-corrected chi connectivity index (χ4v) is 3.20. The summed E-state index contributed by atoms with van der Waals surface area (Å²) in [5.41, 5.74) is 2.19. The van der Waals surface area contributed by atoms with E-state index in [-0.39, 0.29) is 30.5 Å². The van der Waals surface area contributed by atoms with E-state index in [1.807, 2.05) is 38.1 Å². The average Bonchev–Trinajstić information content (AvgIpc) is 2.67. The van der Waals surface area contributed by atoms with Gasteiger partial charge in [0, 0.05) is 25.2 Å². The molecule has 1 atom stereocenters. The van der Waals surface area contributed by atoms with Crippen LogP contribution in [0.15, 0.2) is 48.5 Å². The molecular formula is C21H25N3O4. The van der Waals surface area contributed by atoms with Gasteiger partial charge in [0.25, 0.3) is 5.69 Å². The topological polar surface area (TPSA) is 92.6 Å². The van der Waals surface area contributed by atoms with Gasteiger partial charge in [-0.2, -0.15) is 0 Å². The molecule has 0 radical (unpaired) electrons. The zero-order valence-corrected chi connectivity index (χ0v) is 16.3. The summed E-state index contributed by atoms with van der Waals surface area (Å²) in [5.74, 6) is -0.586. The van der Waals surface area contributed by atoms with E-state index in [4.69, 9.17) is 0 Å². The summed E-state index contributed by atoms with van der Waals surface area (Å²) in [6, 6.07) is 13.2. The number of nitro groups is 1. The van der Waals surface area contributed by atoms with Crippen molar-refractivity contribution >= 4 is 17.5 Å². The predicted octanol–water partition coefficient (Wildman–Crippen LogP) is 3.00. The monoisotopic (exact) mass is 383 g/mol. The van der Waals surface area contributed by atoms with Crippen LogP contribution in [0.25, 0.3) is 0 Å². The second kappa shape index (κ2) is 9.64. The Hall–Kier alpha value is -3.22. The quantitative estimate of drug-likeness (QED) is 0.560. The number of nitrogens with one attached hydrogen (secondary N) is 1. The SMILES string of the molecule is CC[C@H](C(=O)NC)N(Cc1cccc(C)c1)C(=O)Cc1ccccc1[N+](=O)[O-]. The fraction of sp³-hybridized carbons (Fsp3) is 0.333. The lowest BCUT2D eigenvalue weighted by Crippen LogP contribution is -2.48. The maximum Gasteiger partial charge on any atom is 0.273 e. The van der Waals surface area contributed by atoms with Crippen molar-refractivity contribution in [1.82, 2.24) is 10.2 Å². The van der Waals surface area contributed by atoms with E-state index in [0.717, 1.165) is 11.1 Å². The first-order chi connectivity index (χ1) is 13.4. The number of carbonyl (C=O) groups is 2. The summed E-state index contributed by atoms with van der Waals surface area (Å²) >= 11 is 0. The highest BCUT2D eigenvalue weighted by atomic mass is 16.6. The fourth-order valence-electron chi connectivity index (χ4n) is 3.20. The van der Waals surface area contributed by atoms with Crippen molar-refractivity contribution < 1.29 is 14.5 Å². The number of rotatable bonds is 8. The van der Waals surface area contributed by atoms with E-state index >= 15 is 0 Å². The van der Waals surface area contributed by atoms with Gasteiger partial charge in [-0.1, -0.05) is 55.0 Å². The molecule has 0 unspecified atom stereocenters. The van der Waals surface area contributed by atoms with Crippen LogP contribution in [0.1, 0.15) is 30.0 Å². The van der Waals surface area contributed by atoms with Crippen LogP contribution in [0.4, 0.5) is 5.69 Å². The van der Waals surface area contributed by atoms with Crippen LogP contribution < -0.4 is 5.32 Å². The van der Waals surface area contributed by atoms with Gasteiger partial charge in [-0.15, -0.1) is 0 Å². The van der Waals surface area contributed by atoms with Gasteiger partial charge in [0.2, 0.25) is 11.8 Å².